The van der Waals surface area contributed by atoms with Gasteiger partial charge in [-0.15, -0.1) is 22.7 Å². The molecule has 4 nitrogen and oxygen atoms in total. The highest BCUT2D eigenvalue weighted by atomic mass is 32.1. The fourth-order valence-electron chi connectivity index (χ4n) is 17.8. The molecule has 512 valence electrons. The topological polar surface area (TPSA) is 19.7 Å². The van der Waals surface area contributed by atoms with Gasteiger partial charge in [-0.05, 0) is 212 Å². The van der Waals surface area contributed by atoms with E-state index in [2.05, 4.69) is 407 Å². The van der Waals surface area contributed by atoms with Crippen molar-refractivity contribution in [1.29, 1.82) is 0 Å². The number of fused-ring (bicyclic) bond motifs is 20. The zero-order valence-corrected chi connectivity index (χ0v) is 61.2. The van der Waals surface area contributed by atoms with Crippen LogP contribution in [0.25, 0.3) is 216 Å². The lowest BCUT2D eigenvalue weighted by molar-refractivity contribution is 1.18. The van der Waals surface area contributed by atoms with E-state index in [1.807, 2.05) is 22.7 Å². The zero-order chi connectivity index (χ0) is 72.1. The minimum absolute atomic E-state index is 1.16. The van der Waals surface area contributed by atoms with Crippen molar-refractivity contribution in [1.82, 2.24) is 18.3 Å². The Morgan fingerprint density at radius 2 is 0.455 bits per heavy atom. The molecule has 6 aromatic heterocycles. The van der Waals surface area contributed by atoms with Gasteiger partial charge in [-0.2, -0.15) is 0 Å². The summed E-state index contributed by atoms with van der Waals surface area (Å²) in [7, 11) is 0. The molecule has 0 radical (unpaired) electrons. The van der Waals surface area contributed by atoms with E-state index >= 15 is 0 Å². The average Bonchev–Trinajstić information content (AvgIpc) is 1.57. The molecular formula is C104H64N4S2. The van der Waals surface area contributed by atoms with Crippen molar-refractivity contribution in [3.63, 3.8) is 0 Å². The standard InChI is InChI=1S/2C52H32N2S/c1-2-11-33(12-3-1)36-15-10-16-39(27-36)54-49-26-23-38(30-44(49)45-32-52-46(31-50(45)54)42-18-7-9-20-51(42)55-52)37-22-25-48-43(29-37)41-17-6-8-19-47(41)53(48)40-24-21-34-13-4-5-14-35(34)28-40;1-2-11-33(12-3-1)36-15-10-16-39(27-36)54-49-26-23-38(30-44(49)45-31-46-42-18-7-9-20-51(42)55-52(46)32-50(45)54)37-22-25-48-43(29-37)41-17-6-8-19-47(41)53(48)40-24-21-34-13-4-5-14-35(34)28-40/h2*1-32H. The number of aromatic nitrogens is 4. The van der Waals surface area contributed by atoms with E-state index < -0.39 is 0 Å². The number of rotatable bonds is 8. The van der Waals surface area contributed by atoms with Crippen LogP contribution in [-0.2, 0) is 0 Å². The van der Waals surface area contributed by atoms with Gasteiger partial charge in [0.05, 0.1) is 44.1 Å². The van der Waals surface area contributed by atoms with Gasteiger partial charge in [0.2, 0.25) is 0 Å². The van der Waals surface area contributed by atoms with E-state index in [4.69, 9.17) is 0 Å². The van der Waals surface area contributed by atoms with Gasteiger partial charge in [0.15, 0.2) is 0 Å². The molecule has 18 aromatic carbocycles. The van der Waals surface area contributed by atoms with E-state index in [1.54, 1.807) is 0 Å². The summed E-state index contributed by atoms with van der Waals surface area (Å²) in [5.41, 5.74) is 24.1. The van der Waals surface area contributed by atoms with Crippen molar-refractivity contribution in [3.8, 4) is 67.3 Å². The summed E-state index contributed by atoms with van der Waals surface area (Å²) in [5, 5.41) is 20.4. The van der Waals surface area contributed by atoms with Crippen LogP contribution in [0.2, 0.25) is 0 Å². The predicted molar refractivity (Wildman–Crippen MR) is 473 cm³/mol. The van der Waals surface area contributed by atoms with Crippen LogP contribution in [0.3, 0.4) is 0 Å². The average molecular weight is 1430 g/mol. The van der Waals surface area contributed by atoms with E-state index in [1.165, 1.54) is 205 Å². The maximum Gasteiger partial charge on any atom is 0.0555 e. The largest absolute Gasteiger partial charge is 0.309 e. The Labute approximate surface area is 640 Å². The molecule has 0 fully saturated rings. The Balaban J connectivity index is 0.000000132. The summed E-state index contributed by atoms with van der Waals surface area (Å²) in [4.78, 5) is 0. The lowest BCUT2D eigenvalue weighted by Crippen LogP contribution is -1.94. The molecule has 0 aliphatic carbocycles. The van der Waals surface area contributed by atoms with Gasteiger partial charge in [-0.1, -0.05) is 243 Å². The normalized spacial score (nSPS) is 12.0. The molecule has 6 heteroatoms. The number of para-hydroxylation sites is 2. The first kappa shape index (κ1) is 62.3. The van der Waals surface area contributed by atoms with Crippen molar-refractivity contribution in [3.05, 3.63) is 388 Å². The van der Waals surface area contributed by atoms with Crippen molar-refractivity contribution < 1.29 is 0 Å². The lowest BCUT2D eigenvalue weighted by Gasteiger charge is -2.11. The second-order valence-corrected chi connectivity index (χ2v) is 31.3. The van der Waals surface area contributed by atoms with Crippen molar-refractivity contribution in [2.75, 3.05) is 0 Å². The molecule has 0 atom stereocenters. The van der Waals surface area contributed by atoms with Gasteiger partial charge < -0.3 is 18.3 Å². The van der Waals surface area contributed by atoms with E-state index in [-0.39, 0.29) is 0 Å². The lowest BCUT2D eigenvalue weighted by atomic mass is 10.00. The molecule has 0 amide bonds. The van der Waals surface area contributed by atoms with Crippen molar-refractivity contribution >= 4 is 172 Å². The molecule has 0 spiro atoms. The minimum atomic E-state index is 1.16. The highest BCUT2D eigenvalue weighted by Gasteiger charge is 2.23. The van der Waals surface area contributed by atoms with E-state index in [0.29, 0.717) is 0 Å². The van der Waals surface area contributed by atoms with Gasteiger partial charge in [0.1, 0.15) is 0 Å². The Kier molecular flexibility index (Phi) is 14.1. The highest BCUT2D eigenvalue weighted by molar-refractivity contribution is 7.26. The first-order valence-electron chi connectivity index (χ1n) is 37.7. The smallest absolute Gasteiger partial charge is 0.0555 e. The first-order chi connectivity index (χ1) is 54.5. The van der Waals surface area contributed by atoms with E-state index in [0.717, 1.165) is 11.4 Å². The molecule has 0 bridgehead atoms. The molecule has 6 heterocycles. The first-order valence-corrected chi connectivity index (χ1v) is 39.3. The van der Waals surface area contributed by atoms with Crippen LogP contribution in [0.15, 0.2) is 388 Å². The van der Waals surface area contributed by atoms with Crippen LogP contribution in [0.5, 0.6) is 0 Å². The third-order valence-electron chi connectivity index (χ3n) is 22.9. The maximum absolute atomic E-state index is 2.47. The van der Waals surface area contributed by atoms with Crippen LogP contribution >= 0.6 is 22.7 Å². The van der Waals surface area contributed by atoms with Gasteiger partial charge in [0.25, 0.3) is 0 Å². The summed E-state index contributed by atoms with van der Waals surface area (Å²) < 4.78 is 15.0. The van der Waals surface area contributed by atoms with Crippen molar-refractivity contribution in [2.45, 2.75) is 0 Å². The molecule has 0 aliphatic heterocycles. The van der Waals surface area contributed by atoms with Gasteiger partial charge >= 0.3 is 0 Å². The molecular weight excluding hydrogens is 1370 g/mol. The highest BCUT2D eigenvalue weighted by Crippen LogP contribution is 2.47. The number of hydrogen-bond acceptors (Lipinski definition) is 2. The molecule has 0 unspecified atom stereocenters. The summed E-state index contributed by atoms with van der Waals surface area (Å²) >= 11 is 3.76. The second kappa shape index (κ2) is 24.9. The molecule has 0 aliphatic rings. The quantitative estimate of drug-likeness (QED) is 0.144. The molecule has 0 N–H and O–H groups in total. The summed E-state index contributed by atoms with van der Waals surface area (Å²) in [6, 6.07) is 143. The Morgan fingerprint density at radius 1 is 0.136 bits per heavy atom. The number of benzene rings is 18. The Hall–Kier alpha value is -13.9. The van der Waals surface area contributed by atoms with E-state index in [9.17, 15) is 0 Å². The Morgan fingerprint density at radius 3 is 0.927 bits per heavy atom. The number of hydrogen-bond donors (Lipinski definition) is 0. The molecule has 24 aromatic rings. The third-order valence-corrected chi connectivity index (χ3v) is 25.2. The summed E-state index contributed by atoms with van der Waals surface area (Å²) in [6.07, 6.45) is 0. The summed E-state index contributed by atoms with van der Waals surface area (Å²) in [5.74, 6) is 0. The molecule has 110 heavy (non-hydrogen) atoms. The summed E-state index contributed by atoms with van der Waals surface area (Å²) in [6.45, 7) is 0. The third kappa shape index (κ3) is 9.97. The van der Waals surface area contributed by atoms with Crippen LogP contribution in [0.4, 0.5) is 0 Å². The van der Waals surface area contributed by atoms with Gasteiger partial charge in [0, 0.05) is 106 Å². The predicted octanol–water partition coefficient (Wildman–Crippen LogP) is 29.5. The van der Waals surface area contributed by atoms with Gasteiger partial charge in [-0.3, -0.25) is 0 Å². The van der Waals surface area contributed by atoms with Crippen LogP contribution in [-0.4, -0.2) is 18.3 Å². The molecule has 24 rings (SSSR count). The zero-order valence-electron chi connectivity index (χ0n) is 59.6. The fraction of sp³-hybridized carbons (Fsp3) is 0. The number of thiophene rings is 2. The van der Waals surface area contributed by atoms with Crippen LogP contribution < -0.4 is 0 Å². The van der Waals surface area contributed by atoms with Crippen LogP contribution in [0.1, 0.15) is 0 Å². The minimum Gasteiger partial charge on any atom is -0.309 e. The molecule has 0 saturated carbocycles. The van der Waals surface area contributed by atoms with Gasteiger partial charge in [-0.25, -0.2) is 0 Å². The maximum atomic E-state index is 2.47. The fourth-order valence-corrected chi connectivity index (χ4v) is 20.0. The number of nitrogens with zero attached hydrogens (tertiary/aromatic N) is 4. The Bertz CT molecular complexity index is 7900. The second-order valence-electron chi connectivity index (χ2n) is 29.1. The molecule has 0 saturated heterocycles. The monoisotopic (exact) mass is 1430 g/mol. The van der Waals surface area contributed by atoms with Crippen LogP contribution in [0, 0.1) is 0 Å². The SMILES string of the molecule is c1ccc(-c2cccc(-n3c4ccc(-c5ccc6c(c5)c5ccccc5n6-c5ccc6ccccc6c5)cc4c4cc5c(cc43)sc3ccccc35)c2)cc1.c1ccc(-c2cccc(-n3c4ccc(-c5ccc6c(c5)c5ccccc5n6-c5ccc6ccccc6c5)cc4c4cc5sc6ccccc6c5cc43)c2)cc1. The van der Waals surface area contributed by atoms with Crippen molar-refractivity contribution in [2.24, 2.45) is 0 Å².